The summed E-state index contributed by atoms with van der Waals surface area (Å²) in [6.45, 7) is 0. The number of hydrogen-bond donors (Lipinski definition) is 2. The zero-order chi connectivity index (χ0) is 15.4. The molecule has 0 radical (unpaired) electrons. The van der Waals surface area contributed by atoms with E-state index >= 15 is 0 Å². The summed E-state index contributed by atoms with van der Waals surface area (Å²) in [6.07, 6.45) is 3.02. The monoisotopic (exact) mass is 313 g/mol. The summed E-state index contributed by atoms with van der Waals surface area (Å²) >= 11 is 6.09. The van der Waals surface area contributed by atoms with Crippen LogP contribution in [0.3, 0.4) is 0 Å². The maximum Gasteiger partial charge on any atom is 0.251 e. The molecule has 1 amide bonds. The Kier molecular flexibility index (Phi) is 5.31. The number of ether oxygens (including phenoxy) is 2. The predicted molar refractivity (Wildman–Crippen MR) is 80.3 cm³/mol. The number of carbonyl (C=O) groups is 1. The maximum atomic E-state index is 12.3. The number of methoxy groups -OCH3 is 2. The lowest BCUT2D eigenvalue weighted by molar-refractivity contribution is 0.0717. The molecule has 0 saturated heterocycles. The summed E-state index contributed by atoms with van der Waals surface area (Å²) in [4.78, 5) is 12.3. The molecule has 1 aliphatic rings. The van der Waals surface area contributed by atoms with E-state index in [0.717, 1.165) is 25.7 Å². The van der Waals surface area contributed by atoms with Gasteiger partial charge in [0.15, 0.2) is 11.5 Å². The number of nitrogens with one attached hydrogen (secondary N) is 1. The van der Waals surface area contributed by atoms with Gasteiger partial charge >= 0.3 is 0 Å². The van der Waals surface area contributed by atoms with E-state index in [-0.39, 0.29) is 11.9 Å². The molecule has 0 aliphatic heterocycles. The fourth-order valence-corrected chi connectivity index (χ4v) is 2.87. The number of amides is 1. The van der Waals surface area contributed by atoms with Gasteiger partial charge in [0.25, 0.3) is 5.91 Å². The number of carbonyl (C=O) groups excluding carboxylic acids is 1. The minimum atomic E-state index is -0.488. The van der Waals surface area contributed by atoms with Crippen molar-refractivity contribution >= 4 is 17.5 Å². The van der Waals surface area contributed by atoms with E-state index < -0.39 is 6.10 Å². The molecule has 21 heavy (non-hydrogen) atoms. The van der Waals surface area contributed by atoms with Crippen LogP contribution in [-0.2, 0) is 0 Å². The van der Waals surface area contributed by atoms with E-state index in [4.69, 9.17) is 21.1 Å². The molecule has 0 bridgehead atoms. The lowest BCUT2D eigenvalue weighted by atomic mass is 9.92. The first-order valence-electron chi connectivity index (χ1n) is 6.97. The van der Waals surface area contributed by atoms with Gasteiger partial charge < -0.3 is 19.9 Å². The van der Waals surface area contributed by atoms with Crippen LogP contribution in [0.15, 0.2) is 12.1 Å². The Balaban J connectivity index is 2.17. The van der Waals surface area contributed by atoms with Crippen LogP contribution in [0.25, 0.3) is 0 Å². The Morgan fingerprint density at radius 3 is 2.62 bits per heavy atom. The number of benzene rings is 1. The second-order valence-electron chi connectivity index (χ2n) is 5.13. The number of halogens is 1. The molecule has 0 aromatic heterocycles. The first-order valence-corrected chi connectivity index (χ1v) is 7.35. The third kappa shape index (κ3) is 3.60. The van der Waals surface area contributed by atoms with Crippen LogP contribution in [0.2, 0.25) is 5.02 Å². The average Bonchev–Trinajstić information content (AvgIpc) is 2.48. The summed E-state index contributed by atoms with van der Waals surface area (Å²) in [5.41, 5.74) is 0.385. The number of aliphatic hydroxyl groups is 1. The van der Waals surface area contributed by atoms with Gasteiger partial charge in [-0.05, 0) is 25.0 Å². The van der Waals surface area contributed by atoms with E-state index in [1.54, 1.807) is 6.07 Å². The molecule has 6 heteroatoms. The SMILES string of the molecule is COc1cc(C(=O)N[C@H]2CCCC[C@@H]2O)cc(Cl)c1OC. The lowest BCUT2D eigenvalue weighted by Gasteiger charge is -2.28. The van der Waals surface area contributed by atoms with E-state index in [1.807, 2.05) is 0 Å². The van der Waals surface area contributed by atoms with Gasteiger partial charge in [0.05, 0.1) is 31.4 Å². The van der Waals surface area contributed by atoms with Gasteiger partial charge in [0.1, 0.15) is 0 Å². The zero-order valence-electron chi connectivity index (χ0n) is 12.2. The Bertz CT molecular complexity index is 521. The minimum Gasteiger partial charge on any atom is -0.493 e. The molecule has 1 aromatic rings. The molecule has 5 nitrogen and oxygen atoms in total. The Morgan fingerprint density at radius 1 is 1.29 bits per heavy atom. The molecule has 1 aliphatic carbocycles. The van der Waals surface area contributed by atoms with Crippen molar-refractivity contribution in [1.82, 2.24) is 5.32 Å². The molecule has 1 aromatic carbocycles. The van der Waals surface area contributed by atoms with Crippen molar-refractivity contribution in [3.63, 3.8) is 0 Å². The third-order valence-corrected chi connectivity index (χ3v) is 4.02. The number of hydrogen-bond acceptors (Lipinski definition) is 4. The van der Waals surface area contributed by atoms with Crippen LogP contribution in [0.4, 0.5) is 0 Å². The predicted octanol–water partition coefficient (Wildman–Crippen LogP) is 2.39. The summed E-state index contributed by atoms with van der Waals surface area (Å²) < 4.78 is 10.3. The van der Waals surface area contributed by atoms with Gasteiger partial charge in [-0.25, -0.2) is 0 Å². The van der Waals surface area contributed by atoms with E-state index in [9.17, 15) is 9.90 Å². The van der Waals surface area contributed by atoms with Crippen LogP contribution in [0.5, 0.6) is 11.5 Å². The molecule has 0 unspecified atom stereocenters. The van der Waals surface area contributed by atoms with Crippen molar-refractivity contribution in [2.75, 3.05) is 14.2 Å². The number of aliphatic hydroxyl groups excluding tert-OH is 1. The highest BCUT2D eigenvalue weighted by molar-refractivity contribution is 6.32. The summed E-state index contributed by atoms with van der Waals surface area (Å²) in [5, 5.41) is 13.1. The molecule has 0 spiro atoms. The molecule has 2 N–H and O–H groups in total. The van der Waals surface area contributed by atoms with Crippen molar-refractivity contribution in [2.45, 2.75) is 37.8 Å². The molecule has 2 atom stereocenters. The van der Waals surface area contributed by atoms with Gasteiger partial charge in [0.2, 0.25) is 0 Å². The highest BCUT2D eigenvalue weighted by Crippen LogP contribution is 2.36. The van der Waals surface area contributed by atoms with Gasteiger partial charge in [-0.3, -0.25) is 4.79 Å². The smallest absolute Gasteiger partial charge is 0.251 e. The molecule has 116 valence electrons. The van der Waals surface area contributed by atoms with Crippen LogP contribution in [0, 0.1) is 0 Å². The average molecular weight is 314 g/mol. The molecule has 0 heterocycles. The van der Waals surface area contributed by atoms with E-state index in [2.05, 4.69) is 5.32 Å². The Labute approximate surface area is 129 Å². The summed E-state index contributed by atoms with van der Waals surface area (Å²) in [6, 6.07) is 2.90. The van der Waals surface area contributed by atoms with Gasteiger partial charge in [-0.15, -0.1) is 0 Å². The first-order chi connectivity index (χ1) is 10.1. The van der Waals surface area contributed by atoms with E-state index in [0.29, 0.717) is 22.1 Å². The van der Waals surface area contributed by atoms with E-state index in [1.165, 1.54) is 20.3 Å². The Morgan fingerprint density at radius 2 is 2.00 bits per heavy atom. The fourth-order valence-electron chi connectivity index (χ4n) is 2.58. The van der Waals surface area contributed by atoms with Crippen LogP contribution in [-0.4, -0.2) is 37.4 Å². The zero-order valence-corrected chi connectivity index (χ0v) is 12.9. The molecular formula is C15H20ClNO4. The normalized spacial score (nSPS) is 21.7. The summed E-state index contributed by atoms with van der Waals surface area (Å²) in [5.74, 6) is 0.525. The minimum absolute atomic E-state index is 0.210. The molecule has 2 rings (SSSR count). The van der Waals surface area contributed by atoms with Crippen molar-refractivity contribution in [3.05, 3.63) is 22.7 Å². The van der Waals surface area contributed by atoms with Crippen molar-refractivity contribution in [1.29, 1.82) is 0 Å². The van der Waals surface area contributed by atoms with Crippen LogP contribution in [0.1, 0.15) is 36.0 Å². The topological polar surface area (TPSA) is 67.8 Å². The maximum absolute atomic E-state index is 12.3. The Hall–Kier alpha value is -1.46. The second kappa shape index (κ2) is 7.00. The van der Waals surface area contributed by atoms with Gasteiger partial charge in [0, 0.05) is 5.56 Å². The van der Waals surface area contributed by atoms with Gasteiger partial charge in [-0.1, -0.05) is 24.4 Å². The van der Waals surface area contributed by atoms with Gasteiger partial charge in [-0.2, -0.15) is 0 Å². The largest absolute Gasteiger partial charge is 0.493 e. The molecule has 1 fully saturated rings. The summed E-state index contributed by atoms with van der Waals surface area (Å²) in [7, 11) is 2.97. The fraction of sp³-hybridized carbons (Fsp3) is 0.533. The second-order valence-corrected chi connectivity index (χ2v) is 5.53. The standard InChI is InChI=1S/C15H20ClNO4/c1-20-13-8-9(7-10(16)14(13)21-2)15(19)17-11-5-3-4-6-12(11)18/h7-8,11-12,18H,3-6H2,1-2H3,(H,17,19)/t11-,12-/m0/s1. The molecular weight excluding hydrogens is 294 g/mol. The third-order valence-electron chi connectivity index (χ3n) is 3.74. The van der Waals surface area contributed by atoms with Crippen molar-refractivity contribution in [2.24, 2.45) is 0 Å². The highest BCUT2D eigenvalue weighted by atomic mass is 35.5. The highest BCUT2D eigenvalue weighted by Gasteiger charge is 2.25. The molecule has 1 saturated carbocycles. The van der Waals surface area contributed by atoms with Crippen LogP contribution < -0.4 is 14.8 Å². The quantitative estimate of drug-likeness (QED) is 0.895. The van der Waals surface area contributed by atoms with Crippen molar-refractivity contribution < 1.29 is 19.4 Å². The first kappa shape index (κ1) is 15.9. The van der Waals surface area contributed by atoms with Crippen molar-refractivity contribution in [3.8, 4) is 11.5 Å². The van der Waals surface area contributed by atoms with Crippen LogP contribution >= 0.6 is 11.6 Å². The number of rotatable bonds is 4. The lowest BCUT2D eigenvalue weighted by Crippen LogP contribution is -2.45.